The lowest BCUT2D eigenvalue weighted by atomic mass is 9.90. The molecule has 0 unspecified atom stereocenters. The summed E-state index contributed by atoms with van der Waals surface area (Å²) in [5.41, 5.74) is 10.5. The van der Waals surface area contributed by atoms with Crippen molar-refractivity contribution < 1.29 is 5.11 Å². The highest BCUT2D eigenvalue weighted by molar-refractivity contribution is 5.78. The van der Waals surface area contributed by atoms with E-state index in [2.05, 4.69) is 94.2 Å². The number of hydrogen-bond acceptors (Lipinski definition) is 2. The second-order valence-corrected chi connectivity index (χ2v) is 6.88. The summed E-state index contributed by atoms with van der Waals surface area (Å²) >= 11 is 0. The van der Waals surface area contributed by atoms with Gasteiger partial charge in [0, 0.05) is 5.69 Å². The maximum atomic E-state index is 9.45. The first kappa shape index (κ1) is 17.8. The van der Waals surface area contributed by atoms with E-state index in [1.54, 1.807) is 0 Å². The van der Waals surface area contributed by atoms with Crippen LogP contribution >= 0.6 is 0 Å². The van der Waals surface area contributed by atoms with Crippen molar-refractivity contribution in [3.05, 3.63) is 89.3 Å². The van der Waals surface area contributed by atoms with Gasteiger partial charge in [0.1, 0.15) is 0 Å². The Labute approximate surface area is 155 Å². The molecule has 0 bridgehead atoms. The van der Waals surface area contributed by atoms with E-state index in [1.165, 1.54) is 38.9 Å². The van der Waals surface area contributed by atoms with Gasteiger partial charge in [0.05, 0.1) is 0 Å². The van der Waals surface area contributed by atoms with E-state index >= 15 is 0 Å². The quantitative estimate of drug-likeness (QED) is 0.517. The van der Waals surface area contributed by atoms with Crippen molar-refractivity contribution in [3.8, 4) is 22.3 Å². The largest absolute Gasteiger partial charge is 0.495 e. The lowest BCUT2D eigenvalue weighted by molar-refractivity contribution is 0.422. The zero-order chi connectivity index (χ0) is 18.8. The zero-order valence-electron chi connectivity index (χ0n) is 15.9. The molecule has 2 heteroatoms. The first-order chi connectivity index (χ1) is 12.4. The average Bonchev–Trinajstić information content (AvgIpc) is 2.60. The molecule has 0 fully saturated rings. The fourth-order valence-corrected chi connectivity index (χ4v) is 3.39. The Morgan fingerprint density at radius 3 is 1.81 bits per heavy atom. The summed E-state index contributed by atoms with van der Waals surface area (Å²) in [7, 11) is 0. The first-order valence-electron chi connectivity index (χ1n) is 8.80. The fraction of sp³-hybridized carbons (Fsp3) is 0.167. The van der Waals surface area contributed by atoms with Gasteiger partial charge >= 0.3 is 0 Å². The summed E-state index contributed by atoms with van der Waals surface area (Å²) in [6, 6.07) is 19.4. The molecule has 2 nitrogen and oxygen atoms in total. The van der Waals surface area contributed by atoms with Gasteiger partial charge in [-0.1, -0.05) is 54.1 Å². The van der Waals surface area contributed by atoms with Crippen LogP contribution in [0.25, 0.3) is 22.3 Å². The van der Waals surface area contributed by atoms with Crippen LogP contribution in [0.3, 0.4) is 0 Å². The molecule has 0 aliphatic carbocycles. The van der Waals surface area contributed by atoms with Crippen LogP contribution in [0, 0.1) is 27.7 Å². The normalized spacial score (nSPS) is 10.6. The summed E-state index contributed by atoms with van der Waals surface area (Å²) in [4.78, 5) is 0. The third kappa shape index (κ3) is 3.50. The minimum Gasteiger partial charge on any atom is -0.495 e. The minimum atomic E-state index is -0.0397. The Hall–Kier alpha value is -3.00. The highest BCUT2D eigenvalue weighted by atomic mass is 16.3. The number of aliphatic hydroxyl groups excluding tert-OH is 1. The van der Waals surface area contributed by atoms with Crippen molar-refractivity contribution in [2.75, 3.05) is 5.32 Å². The second kappa shape index (κ2) is 7.09. The predicted octanol–water partition coefficient (Wildman–Crippen LogP) is 6.70. The number of hydrogen-bond donors (Lipinski definition) is 2. The molecular weight excluding hydrogens is 318 g/mol. The van der Waals surface area contributed by atoms with Gasteiger partial charge in [0.15, 0.2) is 5.88 Å². The molecule has 0 spiro atoms. The minimum absolute atomic E-state index is 0.0397. The van der Waals surface area contributed by atoms with Crippen molar-refractivity contribution >= 4 is 5.69 Å². The number of aryl methyl sites for hydroxylation is 2. The van der Waals surface area contributed by atoms with Gasteiger partial charge in [0.2, 0.25) is 0 Å². The molecule has 3 rings (SSSR count). The molecule has 132 valence electrons. The van der Waals surface area contributed by atoms with E-state index in [-0.39, 0.29) is 5.88 Å². The summed E-state index contributed by atoms with van der Waals surface area (Å²) in [6.45, 7) is 11.9. The molecule has 3 aromatic rings. The number of benzene rings is 3. The van der Waals surface area contributed by atoms with Crippen molar-refractivity contribution in [1.82, 2.24) is 0 Å². The molecule has 0 saturated carbocycles. The smallest absolute Gasteiger partial charge is 0.181 e. The van der Waals surface area contributed by atoms with Gasteiger partial charge in [-0.05, 0) is 79.3 Å². The molecule has 0 aliphatic rings. The van der Waals surface area contributed by atoms with Crippen molar-refractivity contribution in [1.29, 1.82) is 0 Å². The molecule has 0 atom stereocenters. The van der Waals surface area contributed by atoms with E-state index in [9.17, 15) is 5.11 Å². The predicted molar refractivity (Wildman–Crippen MR) is 112 cm³/mol. The summed E-state index contributed by atoms with van der Waals surface area (Å²) < 4.78 is 0. The van der Waals surface area contributed by atoms with Crippen molar-refractivity contribution in [3.63, 3.8) is 0 Å². The number of rotatable bonds is 4. The Kier molecular flexibility index (Phi) is 4.85. The molecule has 0 aliphatic heterocycles. The molecule has 3 aromatic carbocycles. The van der Waals surface area contributed by atoms with E-state index in [0.717, 1.165) is 11.3 Å². The Balaban J connectivity index is 2.00. The van der Waals surface area contributed by atoms with Crippen LogP contribution in [0.5, 0.6) is 0 Å². The first-order valence-corrected chi connectivity index (χ1v) is 8.80. The summed E-state index contributed by atoms with van der Waals surface area (Å²) in [5.74, 6) is -0.0397. The number of anilines is 1. The van der Waals surface area contributed by atoms with Gasteiger partial charge in [-0.3, -0.25) is 0 Å². The standard InChI is InChI=1S/C24H25NO/c1-15-6-8-20(9-7-15)21-10-12-22(13-11-21)24-16(2)14-23(25-19(5)26)17(3)18(24)4/h6-14,25-26H,5H2,1-4H3. The molecule has 2 N–H and O–H groups in total. The number of aliphatic hydroxyl groups is 1. The van der Waals surface area contributed by atoms with Gasteiger partial charge in [-0.25, -0.2) is 0 Å². The van der Waals surface area contributed by atoms with Crippen LogP contribution in [0.15, 0.2) is 67.1 Å². The van der Waals surface area contributed by atoms with Crippen LogP contribution in [0.1, 0.15) is 22.3 Å². The van der Waals surface area contributed by atoms with E-state index in [0.29, 0.717) is 0 Å². The highest BCUT2D eigenvalue weighted by Crippen LogP contribution is 2.35. The van der Waals surface area contributed by atoms with E-state index < -0.39 is 0 Å². The van der Waals surface area contributed by atoms with Crippen LogP contribution in [0.2, 0.25) is 0 Å². The van der Waals surface area contributed by atoms with Crippen molar-refractivity contribution in [2.24, 2.45) is 0 Å². The number of nitrogens with one attached hydrogen (secondary N) is 1. The Morgan fingerprint density at radius 1 is 0.769 bits per heavy atom. The van der Waals surface area contributed by atoms with Crippen molar-refractivity contribution in [2.45, 2.75) is 27.7 Å². The third-order valence-corrected chi connectivity index (χ3v) is 4.93. The second-order valence-electron chi connectivity index (χ2n) is 6.88. The van der Waals surface area contributed by atoms with Crippen LogP contribution in [-0.2, 0) is 0 Å². The summed E-state index contributed by atoms with van der Waals surface area (Å²) in [6.07, 6.45) is 0. The average molecular weight is 343 g/mol. The molecule has 0 saturated heterocycles. The van der Waals surface area contributed by atoms with E-state index in [4.69, 9.17) is 0 Å². The summed E-state index contributed by atoms with van der Waals surface area (Å²) in [5, 5.41) is 12.4. The highest BCUT2D eigenvalue weighted by Gasteiger charge is 2.12. The molecule has 0 heterocycles. The third-order valence-electron chi connectivity index (χ3n) is 4.93. The van der Waals surface area contributed by atoms with Gasteiger partial charge in [0.25, 0.3) is 0 Å². The Morgan fingerprint density at radius 2 is 1.27 bits per heavy atom. The van der Waals surface area contributed by atoms with Gasteiger partial charge in [-0.2, -0.15) is 0 Å². The van der Waals surface area contributed by atoms with Crippen LogP contribution in [-0.4, -0.2) is 5.11 Å². The molecular formula is C24H25NO. The monoisotopic (exact) mass is 343 g/mol. The van der Waals surface area contributed by atoms with Crippen LogP contribution in [0.4, 0.5) is 5.69 Å². The van der Waals surface area contributed by atoms with Gasteiger partial charge < -0.3 is 10.4 Å². The van der Waals surface area contributed by atoms with E-state index in [1.807, 2.05) is 0 Å². The fourth-order valence-electron chi connectivity index (χ4n) is 3.39. The zero-order valence-corrected chi connectivity index (χ0v) is 15.9. The Bertz CT molecular complexity index is 951. The topological polar surface area (TPSA) is 32.3 Å². The SMILES string of the molecule is C=C(O)Nc1cc(C)c(-c2ccc(-c3ccc(C)cc3)cc2)c(C)c1C. The molecule has 0 radical (unpaired) electrons. The van der Waals surface area contributed by atoms with Crippen LogP contribution < -0.4 is 5.32 Å². The lowest BCUT2D eigenvalue weighted by Crippen LogP contribution is -2.02. The van der Waals surface area contributed by atoms with Gasteiger partial charge in [-0.15, -0.1) is 0 Å². The molecule has 0 amide bonds. The lowest BCUT2D eigenvalue weighted by Gasteiger charge is -2.18. The maximum Gasteiger partial charge on any atom is 0.181 e. The molecule has 0 aromatic heterocycles. The molecule has 26 heavy (non-hydrogen) atoms. The maximum absolute atomic E-state index is 9.45.